The Balaban J connectivity index is 1.59. The zero-order valence-electron chi connectivity index (χ0n) is 22.1. The van der Waals surface area contributed by atoms with Crippen LogP contribution in [-0.2, 0) is 0 Å². The molecule has 1 heteroatoms. The third-order valence-electron chi connectivity index (χ3n) is 7.62. The van der Waals surface area contributed by atoms with Gasteiger partial charge in [0.1, 0.15) is 0 Å². The standard InChI is InChI=1S/C37H31N/c1-4-26-19-20-29(25-27(26)5-2)37-34-17-11-9-15-32(34)36(33-16-10-12-18-35(33)37)28-21-23-31(24-22-28)38(3)30-13-7-6-8-14-30/h4-25H,1-3H3/b26-4-,27-5-. The Morgan fingerprint density at radius 1 is 0.447 bits per heavy atom. The molecule has 0 fully saturated rings. The van der Waals surface area contributed by atoms with Gasteiger partial charge in [0.15, 0.2) is 0 Å². The summed E-state index contributed by atoms with van der Waals surface area (Å²) in [6, 6.07) is 44.0. The number of nitrogens with zero attached hydrogens (tertiary/aromatic N) is 1. The van der Waals surface area contributed by atoms with Gasteiger partial charge >= 0.3 is 0 Å². The maximum Gasteiger partial charge on any atom is 0.0408 e. The molecule has 0 heterocycles. The van der Waals surface area contributed by atoms with Crippen LogP contribution in [0.4, 0.5) is 11.4 Å². The smallest absolute Gasteiger partial charge is 0.0408 e. The molecule has 0 N–H and O–H groups in total. The van der Waals surface area contributed by atoms with Gasteiger partial charge in [-0.2, -0.15) is 0 Å². The normalized spacial score (nSPS) is 12.4. The van der Waals surface area contributed by atoms with Crippen molar-refractivity contribution < 1.29 is 0 Å². The van der Waals surface area contributed by atoms with Crippen molar-refractivity contribution in [2.45, 2.75) is 13.8 Å². The van der Waals surface area contributed by atoms with Gasteiger partial charge in [0.2, 0.25) is 0 Å². The molecule has 6 rings (SSSR count). The Morgan fingerprint density at radius 3 is 1.42 bits per heavy atom. The van der Waals surface area contributed by atoms with E-state index in [1.165, 1.54) is 65.6 Å². The third-order valence-corrected chi connectivity index (χ3v) is 7.62. The summed E-state index contributed by atoms with van der Waals surface area (Å²) in [7, 11) is 2.12. The van der Waals surface area contributed by atoms with Crippen LogP contribution in [0.2, 0.25) is 0 Å². The Labute approximate surface area is 224 Å². The number of fused-ring (bicyclic) bond motifs is 2. The zero-order valence-corrected chi connectivity index (χ0v) is 22.1. The van der Waals surface area contributed by atoms with Crippen LogP contribution >= 0.6 is 0 Å². The highest BCUT2D eigenvalue weighted by atomic mass is 15.1. The van der Waals surface area contributed by atoms with Crippen LogP contribution in [-0.4, -0.2) is 7.05 Å². The van der Waals surface area contributed by atoms with E-state index in [1.54, 1.807) is 0 Å². The molecular formula is C37H31N. The first-order valence-electron chi connectivity index (χ1n) is 13.3. The first-order chi connectivity index (χ1) is 18.7. The van der Waals surface area contributed by atoms with Crippen LogP contribution in [0, 0.1) is 0 Å². The van der Waals surface area contributed by atoms with Crippen LogP contribution in [0.1, 0.15) is 13.8 Å². The van der Waals surface area contributed by atoms with E-state index in [9.17, 15) is 0 Å². The molecule has 0 aliphatic rings. The fourth-order valence-electron chi connectivity index (χ4n) is 5.65. The van der Waals surface area contributed by atoms with Crippen LogP contribution in [0.5, 0.6) is 0 Å². The Morgan fingerprint density at radius 2 is 0.895 bits per heavy atom. The lowest BCUT2D eigenvalue weighted by atomic mass is 9.86. The summed E-state index contributed by atoms with van der Waals surface area (Å²) in [6.07, 6.45) is 4.38. The van der Waals surface area contributed by atoms with E-state index in [2.05, 4.69) is 159 Å². The van der Waals surface area contributed by atoms with Gasteiger partial charge in [-0.1, -0.05) is 103 Å². The van der Waals surface area contributed by atoms with E-state index in [-0.39, 0.29) is 0 Å². The van der Waals surface area contributed by atoms with Crippen molar-refractivity contribution >= 4 is 45.1 Å². The maximum absolute atomic E-state index is 2.33. The monoisotopic (exact) mass is 489 g/mol. The first-order valence-corrected chi connectivity index (χ1v) is 13.3. The summed E-state index contributed by atoms with van der Waals surface area (Å²) in [4.78, 5) is 2.23. The molecule has 38 heavy (non-hydrogen) atoms. The average Bonchev–Trinajstić information content (AvgIpc) is 2.99. The van der Waals surface area contributed by atoms with Crippen LogP contribution in [0.3, 0.4) is 0 Å². The molecule has 6 aromatic carbocycles. The van der Waals surface area contributed by atoms with Crippen molar-refractivity contribution in [1.29, 1.82) is 0 Å². The molecule has 0 saturated heterocycles. The van der Waals surface area contributed by atoms with Crippen molar-refractivity contribution in [2.75, 3.05) is 11.9 Å². The van der Waals surface area contributed by atoms with Crippen molar-refractivity contribution in [2.24, 2.45) is 0 Å². The lowest BCUT2D eigenvalue weighted by Crippen LogP contribution is -2.23. The van der Waals surface area contributed by atoms with Gasteiger partial charge in [-0.25, -0.2) is 0 Å². The molecule has 0 bridgehead atoms. The average molecular weight is 490 g/mol. The van der Waals surface area contributed by atoms with E-state index < -0.39 is 0 Å². The van der Waals surface area contributed by atoms with Gasteiger partial charge in [-0.15, -0.1) is 0 Å². The summed E-state index contributed by atoms with van der Waals surface area (Å²) >= 11 is 0. The lowest BCUT2D eigenvalue weighted by molar-refractivity contribution is 1.21. The van der Waals surface area contributed by atoms with E-state index in [1.807, 2.05) is 0 Å². The predicted molar refractivity (Wildman–Crippen MR) is 166 cm³/mol. The van der Waals surface area contributed by atoms with Crippen molar-refractivity contribution in [3.63, 3.8) is 0 Å². The molecule has 0 amide bonds. The molecule has 184 valence electrons. The molecule has 6 aromatic rings. The van der Waals surface area contributed by atoms with Crippen molar-refractivity contribution in [3.8, 4) is 22.3 Å². The minimum Gasteiger partial charge on any atom is -0.345 e. The van der Waals surface area contributed by atoms with Crippen molar-refractivity contribution in [3.05, 3.63) is 132 Å². The third kappa shape index (κ3) is 4.07. The molecule has 0 radical (unpaired) electrons. The van der Waals surface area contributed by atoms with Crippen LogP contribution < -0.4 is 15.3 Å². The molecule has 0 unspecified atom stereocenters. The maximum atomic E-state index is 2.33. The summed E-state index contributed by atoms with van der Waals surface area (Å²) < 4.78 is 0. The molecule has 0 aliphatic carbocycles. The largest absolute Gasteiger partial charge is 0.345 e. The van der Waals surface area contributed by atoms with E-state index in [4.69, 9.17) is 0 Å². The highest BCUT2D eigenvalue weighted by Crippen LogP contribution is 2.43. The first kappa shape index (κ1) is 23.8. The predicted octanol–water partition coefficient (Wildman–Crippen LogP) is 8.70. The topological polar surface area (TPSA) is 3.24 Å². The highest BCUT2D eigenvalue weighted by molar-refractivity contribution is 6.21. The van der Waals surface area contributed by atoms with Crippen molar-refractivity contribution in [1.82, 2.24) is 0 Å². The summed E-state index contributed by atoms with van der Waals surface area (Å²) in [5, 5.41) is 7.64. The number of benzene rings is 6. The van der Waals surface area contributed by atoms with E-state index in [0.717, 1.165) is 0 Å². The van der Waals surface area contributed by atoms with Gasteiger partial charge in [0.25, 0.3) is 0 Å². The molecule has 0 saturated carbocycles. The van der Waals surface area contributed by atoms with Gasteiger partial charge in [-0.05, 0) is 98.4 Å². The molecule has 0 spiro atoms. The molecule has 0 aromatic heterocycles. The Kier molecular flexibility index (Phi) is 6.27. The quantitative estimate of drug-likeness (QED) is 0.224. The number of hydrogen-bond donors (Lipinski definition) is 0. The zero-order chi connectivity index (χ0) is 26.1. The summed E-state index contributed by atoms with van der Waals surface area (Å²) in [5.41, 5.74) is 7.41. The summed E-state index contributed by atoms with van der Waals surface area (Å²) in [6.45, 7) is 4.22. The van der Waals surface area contributed by atoms with Crippen LogP contribution in [0.15, 0.2) is 121 Å². The Hall–Kier alpha value is -4.62. The lowest BCUT2D eigenvalue weighted by Gasteiger charge is -2.21. The number of para-hydroxylation sites is 1. The molecule has 0 aliphatic heterocycles. The second-order valence-electron chi connectivity index (χ2n) is 9.70. The highest BCUT2D eigenvalue weighted by Gasteiger charge is 2.16. The van der Waals surface area contributed by atoms with Gasteiger partial charge in [0.05, 0.1) is 0 Å². The number of anilines is 2. The summed E-state index contributed by atoms with van der Waals surface area (Å²) in [5.74, 6) is 0. The number of hydrogen-bond acceptors (Lipinski definition) is 1. The second-order valence-corrected chi connectivity index (χ2v) is 9.70. The molecule has 1 nitrogen and oxygen atoms in total. The van der Waals surface area contributed by atoms with Gasteiger partial charge in [-0.3, -0.25) is 0 Å². The second kappa shape index (κ2) is 10.0. The van der Waals surface area contributed by atoms with Gasteiger partial charge < -0.3 is 4.90 Å². The van der Waals surface area contributed by atoms with Gasteiger partial charge in [0, 0.05) is 18.4 Å². The molecular weight excluding hydrogens is 458 g/mol. The SMILES string of the molecule is C/C=c1/ccc(-c2c3ccccc3c(-c3ccc(N(C)c4ccccc4)cc3)c3ccccc23)c/c1=C/C. The molecule has 0 atom stereocenters. The minimum absolute atomic E-state index is 1.17. The minimum atomic E-state index is 1.17. The van der Waals surface area contributed by atoms with E-state index in [0.29, 0.717) is 0 Å². The fraction of sp³-hybridized carbons (Fsp3) is 0.0811. The van der Waals surface area contributed by atoms with Crippen LogP contribution in [0.25, 0.3) is 56.0 Å². The van der Waals surface area contributed by atoms with E-state index >= 15 is 0 Å². The fourth-order valence-corrected chi connectivity index (χ4v) is 5.65. The Bertz CT molecular complexity index is 1820. The number of rotatable bonds is 4.